The summed E-state index contributed by atoms with van der Waals surface area (Å²) in [4.78, 5) is 3.29. The van der Waals surface area contributed by atoms with Crippen molar-refractivity contribution < 1.29 is 8.42 Å². The number of nitrogens with one attached hydrogen (secondary N) is 2. The van der Waals surface area contributed by atoms with Gasteiger partial charge in [0.2, 0.25) is 10.0 Å². The Labute approximate surface area is 141 Å². The van der Waals surface area contributed by atoms with Crippen LogP contribution in [0.2, 0.25) is 0 Å². The molecule has 24 heavy (non-hydrogen) atoms. The predicted octanol–water partition coefficient (Wildman–Crippen LogP) is 2.95. The van der Waals surface area contributed by atoms with E-state index in [2.05, 4.69) is 9.71 Å². The minimum absolute atomic E-state index is 0.104. The molecular formula is C18H17N3O2S. The number of nitriles is 1. The van der Waals surface area contributed by atoms with Crippen molar-refractivity contribution in [3.05, 3.63) is 65.9 Å². The molecule has 1 aromatic heterocycles. The van der Waals surface area contributed by atoms with E-state index in [1.807, 2.05) is 43.5 Å². The molecule has 0 spiro atoms. The zero-order valence-corrected chi connectivity index (χ0v) is 14.0. The summed E-state index contributed by atoms with van der Waals surface area (Å²) in [6.45, 7) is 1.83. The van der Waals surface area contributed by atoms with Gasteiger partial charge in [-0.2, -0.15) is 5.26 Å². The lowest BCUT2D eigenvalue weighted by atomic mass is 10.1. The van der Waals surface area contributed by atoms with E-state index in [-0.39, 0.29) is 10.9 Å². The molecule has 0 aliphatic rings. The maximum atomic E-state index is 12.5. The molecule has 2 aromatic carbocycles. The molecule has 3 aromatic rings. The number of hydrogen-bond acceptors (Lipinski definition) is 3. The highest BCUT2D eigenvalue weighted by Crippen LogP contribution is 2.20. The van der Waals surface area contributed by atoms with Gasteiger partial charge >= 0.3 is 0 Å². The second kappa shape index (κ2) is 6.48. The summed E-state index contributed by atoms with van der Waals surface area (Å²) in [5, 5.41) is 10.0. The Bertz CT molecular complexity index is 1020. The van der Waals surface area contributed by atoms with E-state index in [0.29, 0.717) is 12.0 Å². The molecule has 1 heterocycles. The summed E-state index contributed by atoms with van der Waals surface area (Å²) in [5.41, 5.74) is 2.41. The SMILES string of the molecule is CC(Cc1c[nH]c2ccccc12)NS(=O)(=O)c1cccc(C#N)c1. The van der Waals surface area contributed by atoms with Gasteiger partial charge in [0.15, 0.2) is 0 Å². The summed E-state index contributed by atoms with van der Waals surface area (Å²) in [7, 11) is -3.66. The molecular weight excluding hydrogens is 322 g/mol. The summed E-state index contributed by atoms with van der Waals surface area (Å²) >= 11 is 0. The maximum Gasteiger partial charge on any atom is 0.240 e. The molecule has 0 bridgehead atoms. The first-order chi connectivity index (χ1) is 11.5. The molecule has 0 fully saturated rings. The third-order valence-corrected chi connectivity index (χ3v) is 5.42. The number of hydrogen-bond donors (Lipinski definition) is 2. The van der Waals surface area contributed by atoms with Gasteiger partial charge in [0.05, 0.1) is 16.5 Å². The Kier molecular flexibility index (Phi) is 4.38. The van der Waals surface area contributed by atoms with Crippen molar-refractivity contribution >= 4 is 20.9 Å². The van der Waals surface area contributed by atoms with Crippen LogP contribution in [-0.4, -0.2) is 19.4 Å². The standard InChI is InChI=1S/C18H17N3O2S/c1-13(9-15-12-20-18-8-3-2-7-17(15)18)21-24(22,23)16-6-4-5-14(10-16)11-19/h2-8,10,12-13,20-21H,9H2,1H3. The molecule has 0 aliphatic heterocycles. The number of rotatable bonds is 5. The summed E-state index contributed by atoms with van der Waals surface area (Å²) in [5.74, 6) is 0. The first-order valence-electron chi connectivity index (χ1n) is 7.57. The van der Waals surface area contributed by atoms with Crippen molar-refractivity contribution in [1.29, 1.82) is 5.26 Å². The van der Waals surface area contributed by atoms with E-state index in [1.54, 1.807) is 12.1 Å². The molecule has 0 aliphatic carbocycles. The van der Waals surface area contributed by atoms with E-state index in [9.17, 15) is 8.42 Å². The summed E-state index contributed by atoms with van der Waals surface area (Å²) in [6, 6.07) is 15.6. The Hall–Kier alpha value is -2.62. The van der Waals surface area contributed by atoms with Crippen LogP contribution in [0.25, 0.3) is 10.9 Å². The fourth-order valence-electron chi connectivity index (χ4n) is 2.74. The van der Waals surface area contributed by atoms with Crippen LogP contribution in [0, 0.1) is 11.3 Å². The van der Waals surface area contributed by atoms with Gasteiger partial charge in [0, 0.05) is 23.1 Å². The van der Waals surface area contributed by atoms with E-state index in [0.717, 1.165) is 16.5 Å². The highest BCUT2D eigenvalue weighted by Gasteiger charge is 2.18. The lowest BCUT2D eigenvalue weighted by Crippen LogP contribution is -2.34. The molecule has 0 amide bonds. The zero-order chi connectivity index (χ0) is 17.2. The topological polar surface area (TPSA) is 85.8 Å². The monoisotopic (exact) mass is 339 g/mol. The number of benzene rings is 2. The van der Waals surface area contributed by atoms with Gasteiger partial charge < -0.3 is 4.98 Å². The van der Waals surface area contributed by atoms with E-state index in [4.69, 9.17) is 5.26 Å². The molecule has 122 valence electrons. The fraction of sp³-hybridized carbons (Fsp3) is 0.167. The quantitative estimate of drug-likeness (QED) is 0.749. The third-order valence-electron chi connectivity index (χ3n) is 3.83. The molecule has 3 rings (SSSR count). The van der Waals surface area contributed by atoms with Crippen LogP contribution in [-0.2, 0) is 16.4 Å². The van der Waals surface area contributed by atoms with Gasteiger partial charge in [0.1, 0.15) is 0 Å². The number of para-hydroxylation sites is 1. The second-order valence-corrected chi connectivity index (χ2v) is 7.44. The molecule has 2 N–H and O–H groups in total. The number of sulfonamides is 1. The van der Waals surface area contributed by atoms with Gasteiger partial charge in [-0.3, -0.25) is 0 Å². The normalized spacial score (nSPS) is 12.8. The Morgan fingerprint density at radius 1 is 1.21 bits per heavy atom. The van der Waals surface area contributed by atoms with Crippen LogP contribution >= 0.6 is 0 Å². The molecule has 1 unspecified atom stereocenters. The largest absolute Gasteiger partial charge is 0.361 e. The van der Waals surface area contributed by atoms with E-state index < -0.39 is 10.0 Å². The molecule has 6 heteroatoms. The molecule has 0 radical (unpaired) electrons. The van der Waals surface area contributed by atoms with Gasteiger partial charge in [-0.1, -0.05) is 24.3 Å². The van der Waals surface area contributed by atoms with Gasteiger partial charge in [-0.15, -0.1) is 0 Å². The van der Waals surface area contributed by atoms with Crippen LogP contribution in [0.1, 0.15) is 18.1 Å². The van der Waals surface area contributed by atoms with Crippen molar-refractivity contribution in [3.63, 3.8) is 0 Å². The molecule has 0 saturated heterocycles. The Morgan fingerprint density at radius 3 is 2.79 bits per heavy atom. The van der Waals surface area contributed by atoms with E-state index in [1.165, 1.54) is 12.1 Å². The number of fused-ring (bicyclic) bond motifs is 1. The van der Waals surface area contributed by atoms with Gasteiger partial charge in [-0.05, 0) is 43.2 Å². The summed E-state index contributed by atoms with van der Waals surface area (Å²) < 4.78 is 27.6. The van der Waals surface area contributed by atoms with Crippen LogP contribution in [0.5, 0.6) is 0 Å². The number of aromatic nitrogens is 1. The highest BCUT2D eigenvalue weighted by atomic mass is 32.2. The Morgan fingerprint density at radius 2 is 2.00 bits per heavy atom. The predicted molar refractivity (Wildman–Crippen MR) is 92.9 cm³/mol. The van der Waals surface area contributed by atoms with Crippen molar-refractivity contribution in [2.24, 2.45) is 0 Å². The van der Waals surface area contributed by atoms with Crippen molar-refractivity contribution in [3.8, 4) is 6.07 Å². The molecule has 0 saturated carbocycles. The minimum Gasteiger partial charge on any atom is -0.361 e. The van der Waals surface area contributed by atoms with Crippen LogP contribution in [0.3, 0.4) is 0 Å². The first-order valence-corrected chi connectivity index (χ1v) is 9.05. The lowest BCUT2D eigenvalue weighted by molar-refractivity contribution is 0.560. The average Bonchev–Trinajstić information content (AvgIpc) is 2.97. The maximum absolute atomic E-state index is 12.5. The fourth-order valence-corrected chi connectivity index (χ4v) is 4.03. The van der Waals surface area contributed by atoms with Crippen molar-refractivity contribution in [1.82, 2.24) is 9.71 Å². The summed E-state index contributed by atoms with van der Waals surface area (Å²) in [6.07, 6.45) is 2.48. The third kappa shape index (κ3) is 3.32. The van der Waals surface area contributed by atoms with Crippen molar-refractivity contribution in [2.45, 2.75) is 24.3 Å². The van der Waals surface area contributed by atoms with Crippen LogP contribution < -0.4 is 4.72 Å². The lowest BCUT2D eigenvalue weighted by Gasteiger charge is -2.14. The highest BCUT2D eigenvalue weighted by molar-refractivity contribution is 7.89. The smallest absolute Gasteiger partial charge is 0.240 e. The van der Waals surface area contributed by atoms with Gasteiger partial charge in [0.25, 0.3) is 0 Å². The average molecular weight is 339 g/mol. The van der Waals surface area contributed by atoms with Crippen LogP contribution in [0.15, 0.2) is 59.6 Å². The zero-order valence-electron chi connectivity index (χ0n) is 13.2. The van der Waals surface area contributed by atoms with E-state index >= 15 is 0 Å². The van der Waals surface area contributed by atoms with Crippen molar-refractivity contribution in [2.75, 3.05) is 0 Å². The first kappa shape index (κ1) is 16.2. The number of nitrogens with zero attached hydrogens (tertiary/aromatic N) is 1. The minimum atomic E-state index is -3.66. The molecule has 1 atom stereocenters. The number of aromatic amines is 1. The second-order valence-electron chi connectivity index (χ2n) is 5.73. The van der Waals surface area contributed by atoms with Crippen LogP contribution in [0.4, 0.5) is 0 Å². The number of H-pyrrole nitrogens is 1. The van der Waals surface area contributed by atoms with Gasteiger partial charge in [-0.25, -0.2) is 13.1 Å². The molecule has 5 nitrogen and oxygen atoms in total. The Balaban J connectivity index is 1.78.